The third-order valence-electron chi connectivity index (χ3n) is 3.84. The molecule has 126 valence electrons. The summed E-state index contributed by atoms with van der Waals surface area (Å²) in [6, 6.07) is 5.31. The lowest BCUT2D eigenvalue weighted by atomic mass is 10.1. The van der Waals surface area contributed by atoms with Crippen molar-refractivity contribution in [2.24, 2.45) is 5.92 Å². The highest BCUT2D eigenvalue weighted by molar-refractivity contribution is 5.89. The number of benzene rings is 1. The van der Waals surface area contributed by atoms with Gasteiger partial charge in [0.1, 0.15) is 12.4 Å². The first-order valence-electron chi connectivity index (χ1n) is 7.63. The number of rotatable bonds is 4. The maximum absolute atomic E-state index is 11.9. The number of hydrogen-bond acceptors (Lipinski definition) is 5. The molecule has 2 aliphatic heterocycles. The van der Waals surface area contributed by atoms with Crippen molar-refractivity contribution in [3.8, 4) is 29.1 Å². The lowest BCUT2D eigenvalue weighted by Crippen LogP contribution is -2.32. The summed E-state index contributed by atoms with van der Waals surface area (Å²) in [4.78, 5) is 24.8. The molecule has 2 aliphatic rings. The zero-order chi connectivity index (χ0) is 16.9. The Hall–Kier alpha value is -2.88. The summed E-state index contributed by atoms with van der Waals surface area (Å²) in [7, 11) is 1.70. The topological polar surface area (TPSA) is 77.1 Å². The van der Waals surface area contributed by atoms with Crippen LogP contribution in [0.4, 0.5) is 0 Å². The Balaban J connectivity index is 1.37. The summed E-state index contributed by atoms with van der Waals surface area (Å²) < 4.78 is 16.0. The van der Waals surface area contributed by atoms with E-state index in [1.807, 2.05) is 0 Å². The molecule has 24 heavy (non-hydrogen) atoms. The zero-order valence-electron chi connectivity index (χ0n) is 13.3. The second kappa shape index (κ2) is 7.13. The number of carbonyl (C=O) groups excluding carboxylic acids is 2. The average Bonchev–Trinajstić information content (AvgIpc) is 3.17. The third kappa shape index (κ3) is 3.71. The first-order valence-corrected chi connectivity index (χ1v) is 7.63. The fourth-order valence-electron chi connectivity index (χ4n) is 2.51. The molecular weight excluding hydrogens is 312 g/mol. The van der Waals surface area contributed by atoms with Crippen molar-refractivity contribution in [2.75, 3.05) is 33.5 Å². The van der Waals surface area contributed by atoms with Crippen molar-refractivity contribution in [2.45, 2.75) is 6.42 Å². The van der Waals surface area contributed by atoms with E-state index in [2.05, 4.69) is 17.2 Å². The number of amides is 2. The van der Waals surface area contributed by atoms with Crippen LogP contribution in [0.25, 0.3) is 0 Å². The fraction of sp³-hybridized carbons (Fsp3) is 0.412. The van der Waals surface area contributed by atoms with Crippen LogP contribution in [-0.2, 0) is 9.59 Å². The number of ether oxygens (including phenoxy) is 3. The Bertz CT molecular complexity index is 707. The van der Waals surface area contributed by atoms with Gasteiger partial charge in [-0.3, -0.25) is 9.59 Å². The minimum atomic E-state index is -0.283. The van der Waals surface area contributed by atoms with Crippen LogP contribution in [0, 0.1) is 17.8 Å². The lowest BCUT2D eigenvalue weighted by Gasteiger charge is -2.09. The van der Waals surface area contributed by atoms with Gasteiger partial charge in [-0.2, -0.15) is 0 Å². The van der Waals surface area contributed by atoms with Crippen molar-refractivity contribution in [3.63, 3.8) is 0 Å². The molecule has 1 aromatic rings. The van der Waals surface area contributed by atoms with Crippen LogP contribution in [-0.4, -0.2) is 50.3 Å². The summed E-state index contributed by atoms with van der Waals surface area (Å²) >= 11 is 0. The second-order valence-electron chi connectivity index (χ2n) is 5.55. The number of fused-ring (bicyclic) bond motifs is 1. The average molecular weight is 330 g/mol. The summed E-state index contributed by atoms with van der Waals surface area (Å²) in [6.07, 6.45) is 0.267. The van der Waals surface area contributed by atoms with Crippen molar-refractivity contribution in [1.29, 1.82) is 0 Å². The van der Waals surface area contributed by atoms with Crippen LogP contribution in [0.5, 0.6) is 17.2 Å². The number of nitrogens with one attached hydrogen (secondary N) is 1. The predicted octanol–water partition coefficient (Wildman–Crippen LogP) is 0.392. The second-order valence-corrected chi connectivity index (χ2v) is 5.55. The van der Waals surface area contributed by atoms with E-state index in [4.69, 9.17) is 14.2 Å². The summed E-state index contributed by atoms with van der Waals surface area (Å²) in [5.41, 5.74) is 0. The quantitative estimate of drug-likeness (QED) is 0.808. The van der Waals surface area contributed by atoms with Crippen molar-refractivity contribution >= 4 is 11.8 Å². The van der Waals surface area contributed by atoms with E-state index in [-0.39, 0.29) is 44.1 Å². The summed E-state index contributed by atoms with van der Waals surface area (Å²) in [5.74, 6) is 7.23. The van der Waals surface area contributed by atoms with E-state index in [0.29, 0.717) is 23.8 Å². The van der Waals surface area contributed by atoms with Gasteiger partial charge in [-0.1, -0.05) is 11.8 Å². The number of hydrogen-bond donors (Lipinski definition) is 1. The van der Waals surface area contributed by atoms with E-state index >= 15 is 0 Å². The minimum absolute atomic E-state index is 0.00152. The Morgan fingerprint density at radius 1 is 1.38 bits per heavy atom. The SMILES string of the molecule is CN1CC(C(=O)NCC#CCOc2ccc3c(c2)OCO3)CC1=O. The van der Waals surface area contributed by atoms with Crippen LogP contribution < -0.4 is 19.5 Å². The molecule has 0 aliphatic carbocycles. The van der Waals surface area contributed by atoms with Crippen LogP contribution in [0.2, 0.25) is 0 Å². The van der Waals surface area contributed by atoms with Gasteiger partial charge in [0.2, 0.25) is 18.6 Å². The zero-order valence-corrected chi connectivity index (χ0v) is 13.3. The van der Waals surface area contributed by atoms with Gasteiger partial charge in [-0.25, -0.2) is 0 Å². The van der Waals surface area contributed by atoms with E-state index in [1.54, 1.807) is 30.1 Å². The Kier molecular flexibility index (Phi) is 4.75. The van der Waals surface area contributed by atoms with Gasteiger partial charge in [-0.15, -0.1) is 0 Å². The van der Waals surface area contributed by atoms with Crippen molar-refractivity contribution < 1.29 is 23.8 Å². The van der Waals surface area contributed by atoms with E-state index in [9.17, 15) is 9.59 Å². The van der Waals surface area contributed by atoms with Gasteiger partial charge < -0.3 is 24.4 Å². The van der Waals surface area contributed by atoms with Gasteiger partial charge in [0, 0.05) is 26.1 Å². The molecule has 1 aromatic carbocycles. The van der Waals surface area contributed by atoms with E-state index in [1.165, 1.54) is 0 Å². The molecule has 7 nitrogen and oxygen atoms in total. The highest BCUT2D eigenvalue weighted by Crippen LogP contribution is 2.34. The van der Waals surface area contributed by atoms with Gasteiger partial charge in [0.05, 0.1) is 12.5 Å². The molecule has 1 N–H and O–H groups in total. The monoisotopic (exact) mass is 330 g/mol. The van der Waals surface area contributed by atoms with Crippen LogP contribution >= 0.6 is 0 Å². The summed E-state index contributed by atoms with van der Waals surface area (Å²) in [6.45, 7) is 1.13. The molecule has 0 spiro atoms. The van der Waals surface area contributed by atoms with Gasteiger partial charge in [-0.05, 0) is 12.1 Å². The molecule has 1 saturated heterocycles. The Morgan fingerprint density at radius 2 is 2.21 bits per heavy atom. The molecule has 1 unspecified atom stereocenters. The van der Waals surface area contributed by atoms with Crippen molar-refractivity contribution in [1.82, 2.24) is 10.2 Å². The first kappa shape index (κ1) is 16.0. The molecular formula is C17H18N2O5. The maximum atomic E-state index is 11.9. The Morgan fingerprint density at radius 3 is 3.00 bits per heavy atom. The van der Waals surface area contributed by atoms with E-state index in [0.717, 1.165) is 0 Å². The molecule has 0 radical (unpaired) electrons. The number of likely N-dealkylation sites (tertiary alicyclic amines) is 1. The molecule has 7 heteroatoms. The highest BCUT2D eigenvalue weighted by atomic mass is 16.7. The van der Waals surface area contributed by atoms with Crippen LogP contribution in [0.1, 0.15) is 6.42 Å². The van der Waals surface area contributed by atoms with E-state index < -0.39 is 0 Å². The molecule has 1 fully saturated rings. The standard InChI is InChI=1S/C17H18N2O5/c1-19-10-12(8-16(19)20)17(21)18-6-2-3-7-22-13-4-5-14-15(9-13)24-11-23-14/h4-5,9,12H,6-8,10-11H2,1H3,(H,18,21). The largest absolute Gasteiger partial charge is 0.481 e. The van der Waals surface area contributed by atoms with Crippen LogP contribution in [0.15, 0.2) is 18.2 Å². The number of nitrogens with zero attached hydrogens (tertiary/aromatic N) is 1. The third-order valence-corrected chi connectivity index (χ3v) is 3.84. The normalized spacial score (nSPS) is 18.1. The van der Waals surface area contributed by atoms with Crippen LogP contribution in [0.3, 0.4) is 0 Å². The lowest BCUT2D eigenvalue weighted by molar-refractivity contribution is -0.128. The van der Waals surface area contributed by atoms with Gasteiger partial charge in [0.25, 0.3) is 0 Å². The fourth-order valence-corrected chi connectivity index (χ4v) is 2.51. The highest BCUT2D eigenvalue weighted by Gasteiger charge is 2.31. The molecule has 0 saturated carbocycles. The minimum Gasteiger partial charge on any atom is -0.481 e. The first-order chi connectivity index (χ1) is 11.6. The molecule has 2 amide bonds. The van der Waals surface area contributed by atoms with Gasteiger partial charge in [0.15, 0.2) is 11.5 Å². The smallest absolute Gasteiger partial charge is 0.231 e. The number of carbonyl (C=O) groups is 2. The summed E-state index contributed by atoms with van der Waals surface area (Å²) in [5, 5.41) is 2.71. The maximum Gasteiger partial charge on any atom is 0.231 e. The predicted molar refractivity (Wildman–Crippen MR) is 84.6 cm³/mol. The molecule has 3 rings (SSSR count). The molecule has 0 aromatic heterocycles. The molecule has 0 bridgehead atoms. The van der Waals surface area contributed by atoms with Gasteiger partial charge >= 0.3 is 0 Å². The molecule has 1 atom stereocenters. The Labute approximate surface area is 139 Å². The van der Waals surface area contributed by atoms with Crippen molar-refractivity contribution in [3.05, 3.63) is 18.2 Å². The molecule has 2 heterocycles.